The van der Waals surface area contributed by atoms with Gasteiger partial charge in [0.25, 0.3) is 0 Å². The molecule has 0 radical (unpaired) electrons. The normalized spacial score (nSPS) is 10.6. The lowest BCUT2D eigenvalue weighted by Crippen LogP contribution is -2.09. The van der Waals surface area contributed by atoms with Crippen molar-refractivity contribution in [1.29, 1.82) is 0 Å². The summed E-state index contributed by atoms with van der Waals surface area (Å²) in [5.74, 6) is 0.794. The minimum Gasteiger partial charge on any atom is -0.299 e. The quantitative estimate of drug-likeness (QED) is 0.701. The van der Waals surface area contributed by atoms with Gasteiger partial charge in [0.05, 0.1) is 5.69 Å². The molecule has 84 valence electrons. The van der Waals surface area contributed by atoms with Crippen LogP contribution in [0.4, 0.5) is 0 Å². The first kappa shape index (κ1) is 12.2. The van der Waals surface area contributed by atoms with Crippen molar-refractivity contribution in [3.63, 3.8) is 0 Å². The molecule has 4 heteroatoms. The molecule has 0 saturated carbocycles. The SMILES string of the molecule is CCn1nc(C)cc1CC(=O)CCCCl. The lowest BCUT2D eigenvalue weighted by molar-refractivity contribution is -0.118. The molecule has 1 aromatic rings. The Hall–Kier alpha value is -0.830. The molecule has 1 aromatic heterocycles. The summed E-state index contributed by atoms with van der Waals surface area (Å²) in [5.41, 5.74) is 1.98. The van der Waals surface area contributed by atoms with Gasteiger partial charge in [-0.1, -0.05) is 0 Å². The number of carbonyl (C=O) groups excluding carboxylic acids is 1. The second kappa shape index (κ2) is 5.91. The average Bonchev–Trinajstić information content (AvgIpc) is 2.55. The van der Waals surface area contributed by atoms with Crippen LogP contribution in [0.3, 0.4) is 0 Å². The number of halogens is 1. The monoisotopic (exact) mass is 228 g/mol. The highest BCUT2D eigenvalue weighted by atomic mass is 35.5. The van der Waals surface area contributed by atoms with E-state index in [1.807, 2.05) is 24.6 Å². The molecular formula is C11H17ClN2O. The molecule has 1 rings (SSSR count). The maximum Gasteiger partial charge on any atom is 0.138 e. The predicted molar refractivity (Wildman–Crippen MR) is 61.3 cm³/mol. The van der Waals surface area contributed by atoms with Crippen LogP contribution >= 0.6 is 11.6 Å². The number of hydrogen-bond acceptors (Lipinski definition) is 2. The van der Waals surface area contributed by atoms with Crippen LogP contribution in [0.2, 0.25) is 0 Å². The average molecular weight is 229 g/mol. The molecule has 0 aliphatic carbocycles. The van der Waals surface area contributed by atoms with E-state index < -0.39 is 0 Å². The molecule has 0 saturated heterocycles. The number of ketones is 1. The van der Waals surface area contributed by atoms with Crippen molar-refractivity contribution in [2.24, 2.45) is 0 Å². The number of aromatic nitrogens is 2. The zero-order valence-corrected chi connectivity index (χ0v) is 10.0. The van der Waals surface area contributed by atoms with Crippen LogP contribution in [0.15, 0.2) is 6.07 Å². The van der Waals surface area contributed by atoms with Crippen molar-refractivity contribution in [2.45, 2.75) is 39.7 Å². The first-order valence-electron chi connectivity index (χ1n) is 5.28. The maximum absolute atomic E-state index is 11.5. The molecule has 0 bridgehead atoms. The molecule has 0 fully saturated rings. The molecule has 0 aliphatic heterocycles. The van der Waals surface area contributed by atoms with E-state index in [9.17, 15) is 4.79 Å². The fourth-order valence-corrected chi connectivity index (χ4v) is 1.70. The molecular weight excluding hydrogens is 212 g/mol. The first-order chi connectivity index (χ1) is 7.17. The summed E-state index contributed by atoms with van der Waals surface area (Å²) in [6.07, 6.45) is 1.81. The molecule has 15 heavy (non-hydrogen) atoms. The molecule has 0 spiro atoms. The Kier molecular flexibility index (Phi) is 4.82. The Labute approximate surface area is 95.4 Å². The minimum atomic E-state index is 0.241. The fraction of sp³-hybridized carbons (Fsp3) is 0.636. The van der Waals surface area contributed by atoms with Gasteiger partial charge in [0.2, 0.25) is 0 Å². The van der Waals surface area contributed by atoms with E-state index in [1.54, 1.807) is 0 Å². The van der Waals surface area contributed by atoms with E-state index in [4.69, 9.17) is 11.6 Å². The number of carbonyl (C=O) groups is 1. The number of hydrogen-bond donors (Lipinski definition) is 0. The summed E-state index contributed by atoms with van der Waals surface area (Å²) in [6, 6.07) is 1.97. The van der Waals surface area contributed by atoms with Gasteiger partial charge in [-0.25, -0.2) is 0 Å². The van der Waals surface area contributed by atoms with Crippen molar-refractivity contribution < 1.29 is 4.79 Å². The maximum atomic E-state index is 11.5. The van der Waals surface area contributed by atoms with E-state index in [1.165, 1.54) is 0 Å². The van der Waals surface area contributed by atoms with Crippen molar-refractivity contribution in [3.05, 3.63) is 17.5 Å². The third-order valence-electron chi connectivity index (χ3n) is 2.25. The van der Waals surface area contributed by atoms with Crippen LogP contribution in [0.5, 0.6) is 0 Å². The second-order valence-corrected chi connectivity index (χ2v) is 3.98. The summed E-state index contributed by atoms with van der Waals surface area (Å²) in [7, 11) is 0. The highest BCUT2D eigenvalue weighted by molar-refractivity contribution is 6.17. The highest BCUT2D eigenvalue weighted by Crippen LogP contribution is 2.07. The third-order valence-corrected chi connectivity index (χ3v) is 2.52. The fourth-order valence-electron chi connectivity index (χ4n) is 1.57. The summed E-state index contributed by atoms with van der Waals surface area (Å²) in [5, 5.41) is 4.30. The van der Waals surface area contributed by atoms with Gasteiger partial charge in [-0.3, -0.25) is 9.48 Å². The Bertz CT molecular complexity index is 333. The van der Waals surface area contributed by atoms with E-state index in [0.29, 0.717) is 18.7 Å². The molecule has 0 aromatic carbocycles. The number of aryl methyl sites for hydroxylation is 2. The Balaban J connectivity index is 2.59. The van der Waals surface area contributed by atoms with E-state index in [-0.39, 0.29) is 5.78 Å². The van der Waals surface area contributed by atoms with Crippen LogP contribution in [0.25, 0.3) is 0 Å². The van der Waals surface area contributed by atoms with Gasteiger partial charge in [0.15, 0.2) is 0 Å². The molecule has 3 nitrogen and oxygen atoms in total. The van der Waals surface area contributed by atoms with Crippen LogP contribution in [-0.2, 0) is 17.8 Å². The molecule has 1 heterocycles. The lowest BCUT2D eigenvalue weighted by Gasteiger charge is -2.03. The van der Waals surface area contributed by atoms with E-state index in [0.717, 1.165) is 24.4 Å². The molecule has 0 aliphatic rings. The van der Waals surface area contributed by atoms with Crippen molar-refractivity contribution >= 4 is 17.4 Å². The van der Waals surface area contributed by atoms with E-state index >= 15 is 0 Å². The number of nitrogens with zero attached hydrogens (tertiary/aromatic N) is 2. The lowest BCUT2D eigenvalue weighted by atomic mass is 10.1. The van der Waals surface area contributed by atoms with Gasteiger partial charge in [-0.2, -0.15) is 5.10 Å². The van der Waals surface area contributed by atoms with Crippen LogP contribution in [0.1, 0.15) is 31.2 Å². The van der Waals surface area contributed by atoms with Gasteiger partial charge in [-0.05, 0) is 26.3 Å². The standard InChI is InChI=1S/C11H17ClN2O/c1-3-14-10(7-9(2)13-14)8-11(15)5-4-6-12/h7H,3-6,8H2,1-2H3. The molecule has 0 unspecified atom stereocenters. The highest BCUT2D eigenvalue weighted by Gasteiger charge is 2.09. The van der Waals surface area contributed by atoms with Crippen LogP contribution < -0.4 is 0 Å². The topological polar surface area (TPSA) is 34.9 Å². The Morgan fingerprint density at radius 3 is 2.93 bits per heavy atom. The number of rotatable bonds is 6. The molecule has 0 amide bonds. The number of Topliss-reactive ketones (excluding diaryl/α,β-unsaturated/α-hetero) is 1. The zero-order valence-electron chi connectivity index (χ0n) is 9.29. The zero-order chi connectivity index (χ0) is 11.3. The van der Waals surface area contributed by atoms with Crippen molar-refractivity contribution in [3.8, 4) is 0 Å². The van der Waals surface area contributed by atoms with Crippen LogP contribution in [-0.4, -0.2) is 21.4 Å². The van der Waals surface area contributed by atoms with Gasteiger partial charge in [-0.15, -0.1) is 11.6 Å². The number of alkyl halides is 1. The van der Waals surface area contributed by atoms with E-state index in [2.05, 4.69) is 5.10 Å². The van der Waals surface area contributed by atoms with Gasteiger partial charge in [0, 0.05) is 31.0 Å². The molecule has 0 N–H and O–H groups in total. The van der Waals surface area contributed by atoms with Gasteiger partial charge in [0.1, 0.15) is 5.78 Å². The summed E-state index contributed by atoms with van der Waals surface area (Å²) >= 11 is 5.54. The minimum absolute atomic E-state index is 0.241. The Morgan fingerprint density at radius 1 is 1.60 bits per heavy atom. The van der Waals surface area contributed by atoms with Crippen molar-refractivity contribution in [1.82, 2.24) is 9.78 Å². The summed E-state index contributed by atoms with van der Waals surface area (Å²) < 4.78 is 1.88. The van der Waals surface area contributed by atoms with Crippen LogP contribution in [0, 0.1) is 6.92 Å². The molecule has 0 atom stereocenters. The van der Waals surface area contributed by atoms with Crippen molar-refractivity contribution in [2.75, 3.05) is 5.88 Å². The second-order valence-electron chi connectivity index (χ2n) is 3.60. The summed E-state index contributed by atoms with van der Waals surface area (Å²) in [6.45, 7) is 4.78. The van der Waals surface area contributed by atoms with Gasteiger partial charge >= 0.3 is 0 Å². The summed E-state index contributed by atoms with van der Waals surface area (Å²) in [4.78, 5) is 11.5. The largest absolute Gasteiger partial charge is 0.299 e. The third kappa shape index (κ3) is 3.67. The predicted octanol–water partition coefficient (Wildman–Crippen LogP) is 2.34. The van der Waals surface area contributed by atoms with Gasteiger partial charge < -0.3 is 0 Å². The first-order valence-corrected chi connectivity index (χ1v) is 5.81. The smallest absolute Gasteiger partial charge is 0.138 e. The Morgan fingerprint density at radius 2 is 2.33 bits per heavy atom.